The number of nitrogens with zero attached hydrogens (tertiary/aromatic N) is 2. The molecule has 2 aromatic rings. The lowest BCUT2D eigenvalue weighted by atomic mass is 10.1. The highest BCUT2D eigenvalue weighted by Crippen LogP contribution is 2.30. The van der Waals surface area contributed by atoms with Crippen molar-refractivity contribution < 1.29 is 13.2 Å². The fourth-order valence-corrected chi connectivity index (χ4v) is 5.36. The number of anilines is 1. The smallest absolute Gasteiger partial charge is 0.243 e. The summed E-state index contributed by atoms with van der Waals surface area (Å²) in [7, 11) is -1.99. The van der Waals surface area contributed by atoms with Crippen molar-refractivity contribution in [2.45, 2.75) is 11.8 Å². The predicted octanol–water partition coefficient (Wildman–Crippen LogP) is 3.93. The minimum absolute atomic E-state index is 0.262. The Hall–Kier alpha value is -1.28. The lowest BCUT2D eigenvalue weighted by molar-refractivity contribution is 0.384. The molecule has 26 heavy (non-hydrogen) atoms. The van der Waals surface area contributed by atoms with Crippen LogP contribution in [-0.4, -0.2) is 46.0 Å². The Morgan fingerprint density at radius 2 is 1.77 bits per heavy atom. The van der Waals surface area contributed by atoms with E-state index in [9.17, 15) is 8.42 Å². The third kappa shape index (κ3) is 3.86. The minimum Gasteiger partial charge on any atom is -0.496 e. The summed E-state index contributed by atoms with van der Waals surface area (Å²) in [6, 6.07) is 10.6. The number of benzene rings is 2. The zero-order valence-electron chi connectivity index (χ0n) is 14.6. The molecule has 0 spiro atoms. The molecule has 5 nitrogen and oxygen atoms in total. The van der Waals surface area contributed by atoms with Gasteiger partial charge in [0, 0.05) is 36.9 Å². The number of aryl methyl sites for hydroxylation is 1. The fraction of sp³-hybridized carbons (Fsp3) is 0.333. The van der Waals surface area contributed by atoms with Crippen molar-refractivity contribution in [1.29, 1.82) is 0 Å². The maximum atomic E-state index is 12.9. The minimum atomic E-state index is -3.54. The van der Waals surface area contributed by atoms with Gasteiger partial charge in [-0.3, -0.25) is 0 Å². The quantitative estimate of drug-likeness (QED) is 0.695. The van der Waals surface area contributed by atoms with Crippen LogP contribution in [0.5, 0.6) is 5.75 Å². The molecule has 1 saturated heterocycles. The number of methoxy groups -OCH3 is 1. The van der Waals surface area contributed by atoms with E-state index in [4.69, 9.17) is 16.3 Å². The monoisotopic (exact) mass is 458 g/mol. The van der Waals surface area contributed by atoms with Gasteiger partial charge in [-0.2, -0.15) is 4.31 Å². The van der Waals surface area contributed by atoms with Crippen LogP contribution in [0.3, 0.4) is 0 Å². The summed E-state index contributed by atoms with van der Waals surface area (Å²) >= 11 is 9.46. The van der Waals surface area contributed by atoms with Gasteiger partial charge in [0.2, 0.25) is 10.0 Å². The summed E-state index contributed by atoms with van der Waals surface area (Å²) in [5, 5.41) is 0.684. The third-order valence-corrected chi connectivity index (χ3v) is 7.26. The van der Waals surface area contributed by atoms with Crippen LogP contribution in [0.1, 0.15) is 5.56 Å². The summed E-state index contributed by atoms with van der Waals surface area (Å²) < 4.78 is 33.2. The molecule has 1 heterocycles. The maximum Gasteiger partial charge on any atom is 0.243 e. The Kier molecular flexibility index (Phi) is 5.81. The third-order valence-electron chi connectivity index (χ3n) is 4.51. The van der Waals surface area contributed by atoms with Crippen molar-refractivity contribution in [3.8, 4) is 5.75 Å². The lowest BCUT2D eigenvalue weighted by Crippen LogP contribution is -2.48. The van der Waals surface area contributed by atoms with Crippen molar-refractivity contribution in [1.82, 2.24) is 4.31 Å². The van der Waals surface area contributed by atoms with E-state index in [1.807, 2.05) is 25.1 Å². The lowest BCUT2D eigenvalue weighted by Gasteiger charge is -2.36. The molecule has 1 aliphatic rings. The number of sulfonamides is 1. The number of rotatable bonds is 4. The van der Waals surface area contributed by atoms with E-state index in [1.165, 1.54) is 4.31 Å². The van der Waals surface area contributed by atoms with Gasteiger partial charge >= 0.3 is 0 Å². The first-order chi connectivity index (χ1) is 12.3. The molecule has 8 heteroatoms. The zero-order valence-corrected chi connectivity index (χ0v) is 17.7. The van der Waals surface area contributed by atoms with Crippen LogP contribution in [0.2, 0.25) is 5.02 Å². The van der Waals surface area contributed by atoms with E-state index in [0.717, 1.165) is 11.3 Å². The number of ether oxygens (including phenoxy) is 1. The molecule has 3 rings (SSSR count). The largest absolute Gasteiger partial charge is 0.496 e. The molecule has 0 bridgehead atoms. The van der Waals surface area contributed by atoms with E-state index in [1.54, 1.807) is 25.3 Å². The van der Waals surface area contributed by atoms with Crippen molar-refractivity contribution >= 4 is 43.2 Å². The first-order valence-electron chi connectivity index (χ1n) is 8.17. The van der Waals surface area contributed by atoms with Gasteiger partial charge in [0.25, 0.3) is 0 Å². The first kappa shape index (κ1) is 19.5. The molecule has 0 aliphatic carbocycles. The molecule has 0 unspecified atom stereocenters. The highest BCUT2D eigenvalue weighted by Gasteiger charge is 2.29. The van der Waals surface area contributed by atoms with E-state index in [-0.39, 0.29) is 4.90 Å². The van der Waals surface area contributed by atoms with Crippen LogP contribution in [0.4, 0.5) is 5.69 Å². The van der Waals surface area contributed by atoms with Crippen molar-refractivity contribution in [2.75, 3.05) is 38.2 Å². The van der Waals surface area contributed by atoms with Gasteiger partial charge in [0.15, 0.2) is 0 Å². The molecule has 0 atom stereocenters. The second kappa shape index (κ2) is 7.76. The molecule has 0 amide bonds. The van der Waals surface area contributed by atoms with E-state index in [0.29, 0.717) is 41.4 Å². The second-order valence-electron chi connectivity index (χ2n) is 6.12. The van der Waals surface area contributed by atoms with Crippen LogP contribution >= 0.6 is 27.5 Å². The molecule has 0 radical (unpaired) electrons. The van der Waals surface area contributed by atoms with Crippen molar-refractivity contribution in [2.24, 2.45) is 0 Å². The highest BCUT2D eigenvalue weighted by molar-refractivity contribution is 9.10. The molecule has 0 aromatic heterocycles. The molecular formula is C18H20BrClN2O3S. The van der Waals surface area contributed by atoms with Gasteiger partial charge in [-0.05, 0) is 58.7 Å². The van der Waals surface area contributed by atoms with Gasteiger partial charge in [-0.25, -0.2) is 8.42 Å². The molecule has 1 aliphatic heterocycles. The van der Waals surface area contributed by atoms with Gasteiger partial charge < -0.3 is 9.64 Å². The molecule has 2 aromatic carbocycles. The van der Waals surface area contributed by atoms with Gasteiger partial charge in [-0.1, -0.05) is 17.7 Å². The summed E-state index contributed by atoms with van der Waals surface area (Å²) in [6.07, 6.45) is 0. The molecule has 0 N–H and O–H groups in total. The topological polar surface area (TPSA) is 49.9 Å². The highest BCUT2D eigenvalue weighted by atomic mass is 79.9. The molecule has 140 valence electrons. The first-order valence-corrected chi connectivity index (χ1v) is 10.8. The van der Waals surface area contributed by atoms with E-state index < -0.39 is 10.0 Å². The fourth-order valence-electron chi connectivity index (χ4n) is 3.05. The maximum absolute atomic E-state index is 12.9. The summed E-state index contributed by atoms with van der Waals surface area (Å²) in [5.74, 6) is 0.602. The van der Waals surface area contributed by atoms with E-state index >= 15 is 0 Å². The molecule has 0 saturated carbocycles. The predicted molar refractivity (Wildman–Crippen MR) is 108 cm³/mol. The van der Waals surface area contributed by atoms with Gasteiger partial charge in [0.05, 0.1) is 16.5 Å². The number of piperazine rings is 1. The summed E-state index contributed by atoms with van der Waals surface area (Å²) in [4.78, 5) is 2.44. The van der Waals surface area contributed by atoms with Gasteiger partial charge in [0.1, 0.15) is 5.75 Å². The van der Waals surface area contributed by atoms with Crippen LogP contribution in [0, 0.1) is 6.92 Å². The molecular weight excluding hydrogens is 440 g/mol. The van der Waals surface area contributed by atoms with Crippen LogP contribution in [0.15, 0.2) is 45.8 Å². The number of halogens is 2. The summed E-state index contributed by atoms with van der Waals surface area (Å²) in [5.41, 5.74) is 2.19. The van der Waals surface area contributed by atoms with Crippen LogP contribution in [-0.2, 0) is 10.0 Å². The van der Waals surface area contributed by atoms with Crippen molar-refractivity contribution in [3.05, 3.63) is 51.5 Å². The standard InChI is InChI=1S/C18H20BrClN2O3S/c1-13-3-4-14(20)11-17(13)21-7-9-22(10-8-21)26(23,24)15-5-6-18(25-2)16(19)12-15/h3-6,11-12H,7-10H2,1-2H3. The Morgan fingerprint density at radius 1 is 1.08 bits per heavy atom. The second-order valence-corrected chi connectivity index (χ2v) is 9.35. The number of hydrogen-bond acceptors (Lipinski definition) is 4. The Morgan fingerprint density at radius 3 is 2.38 bits per heavy atom. The normalized spacial score (nSPS) is 15.9. The molecule has 1 fully saturated rings. The zero-order chi connectivity index (χ0) is 18.9. The summed E-state index contributed by atoms with van der Waals surface area (Å²) in [6.45, 7) is 4.13. The van der Waals surface area contributed by atoms with Crippen LogP contribution < -0.4 is 9.64 Å². The average Bonchev–Trinajstić information content (AvgIpc) is 2.63. The Bertz CT molecular complexity index is 913. The SMILES string of the molecule is COc1ccc(S(=O)(=O)N2CCN(c3cc(Cl)ccc3C)CC2)cc1Br. The van der Waals surface area contributed by atoms with E-state index in [2.05, 4.69) is 20.8 Å². The Balaban J connectivity index is 1.76. The van der Waals surface area contributed by atoms with Crippen molar-refractivity contribution in [3.63, 3.8) is 0 Å². The average molecular weight is 460 g/mol. The van der Waals surface area contributed by atoms with Gasteiger partial charge in [-0.15, -0.1) is 0 Å². The Labute approximate surface area is 167 Å². The number of hydrogen-bond donors (Lipinski definition) is 0. The van der Waals surface area contributed by atoms with Crippen LogP contribution in [0.25, 0.3) is 0 Å².